The highest BCUT2D eigenvalue weighted by atomic mass is 16.5. The Kier molecular flexibility index (Phi) is 7.99. The maximum Gasteiger partial charge on any atom is 0.139 e. The highest BCUT2D eigenvalue weighted by Gasteiger charge is 2.26. The molecule has 0 unspecified atom stereocenters. The number of methoxy groups -OCH3 is 1. The van der Waals surface area contributed by atoms with Crippen LogP contribution in [0.1, 0.15) is 32.1 Å². The molecule has 8 heteroatoms. The Morgan fingerprint density at radius 1 is 0.974 bits per heavy atom. The molecule has 8 nitrogen and oxygen atoms in total. The molecule has 3 fully saturated rings. The van der Waals surface area contributed by atoms with Crippen molar-refractivity contribution in [3.05, 3.63) is 42.7 Å². The third-order valence-corrected chi connectivity index (χ3v) is 8.41. The van der Waals surface area contributed by atoms with Gasteiger partial charge in [0.25, 0.3) is 0 Å². The molecule has 0 bridgehead atoms. The molecule has 2 aliphatic heterocycles. The fourth-order valence-electron chi connectivity index (χ4n) is 6.17. The molecule has 1 aliphatic carbocycles. The molecule has 38 heavy (non-hydrogen) atoms. The second-order valence-corrected chi connectivity index (χ2v) is 10.8. The van der Waals surface area contributed by atoms with E-state index in [0.29, 0.717) is 6.61 Å². The molecule has 3 aromatic rings. The van der Waals surface area contributed by atoms with E-state index in [4.69, 9.17) is 19.2 Å². The van der Waals surface area contributed by atoms with Gasteiger partial charge in [0.2, 0.25) is 0 Å². The van der Waals surface area contributed by atoms with Crippen molar-refractivity contribution in [3.63, 3.8) is 0 Å². The number of hydrogen-bond acceptors (Lipinski definition) is 7. The molecule has 2 aromatic heterocycles. The molecule has 0 amide bonds. The summed E-state index contributed by atoms with van der Waals surface area (Å²) in [6.07, 6.45) is 10.8. The van der Waals surface area contributed by atoms with E-state index in [1.54, 1.807) is 7.11 Å². The number of pyridine rings is 1. The highest BCUT2D eigenvalue weighted by molar-refractivity contribution is 5.71. The van der Waals surface area contributed by atoms with E-state index >= 15 is 0 Å². The zero-order valence-corrected chi connectivity index (χ0v) is 22.7. The summed E-state index contributed by atoms with van der Waals surface area (Å²) in [4.78, 5) is 12.7. The first-order chi connectivity index (χ1) is 18.8. The summed E-state index contributed by atoms with van der Waals surface area (Å²) in [5, 5.41) is 0. The van der Waals surface area contributed by atoms with Crippen molar-refractivity contribution in [2.24, 2.45) is 0 Å². The summed E-state index contributed by atoms with van der Waals surface area (Å²) in [6.45, 7) is 9.83. The summed E-state index contributed by atoms with van der Waals surface area (Å²) >= 11 is 0. The number of rotatable bonds is 9. The Bertz CT molecular complexity index is 1190. The van der Waals surface area contributed by atoms with Gasteiger partial charge in [-0.25, -0.2) is 4.98 Å². The van der Waals surface area contributed by atoms with E-state index in [2.05, 4.69) is 49.7 Å². The maximum absolute atomic E-state index is 6.29. The molecular weight excluding hydrogens is 478 g/mol. The van der Waals surface area contributed by atoms with E-state index in [0.717, 1.165) is 99.9 Å². The molecule has 1 aromatic carbocycles. The van der Waals surface area contributed by atoms with Crippen molar-refractivity contribution in [1.82, 2.24) is 19.2 Å². The molecule has 204 valence electrons. The van der Waals surface area contributed by atoms with Gasteiger partial charge in [-0.2, -0.15) is 0 Å². The standard InChI is InChI=1S/C30H41N5O3/c1-36-26-7-8-27(29(22-26)38-18-4-10-32-16-19-37-20-17-32)28-23-35-11-9-25(21-30(35)31-28)34-14-12-33(13-15-34)24-5-2-3-6-24/h7-9,11,21-24H,2-6,10,12-20H2,1H3. The van der Waals surface area contributed by atoms with Crippen LogP contribution in [0.4, 0.5) is 5.69 Å². The number of nitrogens with zero attached hydrogens (tertiary/aromatic N) is 5. The average Bonchev–Trinajstić information content (AvgIpc) is 3.66. The lowest BCUT2D eigenvalue weighted by Crippen LogP contribution is -2.49. The first-order valence-corrected chi connectivity index (χ1v) is 14.4. The summed E-state index contributed by atoms with van der Waals surface area (Å²) < 4.78 is 19.4. The van der Waals surface area contributed by atoms with Crippen LogP contribution in [-0.4, -0.2) is 98.0 Å². The number of ether oxygens (including phenoxy) is 3. The molecule has 2 saturated heterocycles. The zero-order chi connectivity index (χ0) is 25.7. The third-order valence-electron chi connectivity index (χ3n) is 8.41. The van der Waals surface area contributed by atoms with Crippen LogP contribution in [0.2, 0.25) is 0 Å². The van der Waals surface area contributed by atoms with Gasteiger partial charge in [-0.05, 0) is 37.5 Å². The number of aromatic nitrogens is 2. The van der Waals surface area contributed by atoms with Crippen molar-refractivity contribution in [2.45, 2.75) is 38.1 Å². The number of fused-ring (bicyclic) bond motifs is 1. The van der Waals surface area contributed by atoms with Crippen LogP contribution in [0, 0.1) is 0 Å². The first kappa shape index (κ1) is 25.5. The summed E-state index contributed by atoms with van der Waals surface area (Å²) in [6, 6.07) is 11.3. The van der Waals surface area contributed by atoms with Gasteiger partial charge in [0, 0.05) is 87.6 Å². The molecule has 0 spiro atoms. The Hall–Kier alpha value is -2.81. The summed E-state index contributed by atoms with van der Waals surface area (Å²) in [5.41, 5.74) is 4.13. The lowest BCUT2D eigenvalue weighted by Gasteiger charge is -2.39. The lowest BCUT2D eigenvalue weighted by atomic mass is 10.1. The molecule has 3 aliphatic rings. The second kappa shape index (κ2) is 11.9. The lowest BCUT2D eigenvalue weighted by molar-refractivity contribution is 0.0358. The van der Waals surface area contributed by atoms with Crippen molar-refractivity contribution >= 4 is 11.3 Å². The van der Waals surface area contributed by atoms with Gasteiger partial charge in [-0.3, -0.25) is 9.80 Å². The van der Waals surface area contributed by atoms with Crippen molar-refractivity contribution in [1.29, 1.82) is 0 Å². The maximum atomic E-state index is 6.29. The molecule has 4 heterocycles. The molecule has 1 saturated carbocycles. The van der Waals surface area contributed by atoms with E-state index in [-0.39, 0.29) is 0 Å². The summed E-state index contributed by atoms with van der Waals surface area (Å²) in [5.74, 6) is 1.61. The normalized spacial score (nSPS) is 19.9. The van der Waals surface area contributed by atoms with E-state index in [9.17, 15) is 0 Å². The average molecular weight is 520 g/mol. The molecular formula is C30H41N5O3. The Balaban J connectivity index is 1.14. The number of hydrogen-bond donors (Lipinski definition) is 0. The largest absolute Gasteiger partial charge is 0.497 e. The van der Waals surface area contributed by atoms with Gasteiger partial charge in [-0.15, -0.1) is 0 Å². The predicted molar refractivity (Wildman–Crippen MR) is 151 cm³/mol. The number of morpholine rings is 1. The van der Waals surface area contributed by atoms with Crippen LogP contribution in [-0.2, 0) is 4.74 Å². The quantitative estimate of drug-likeness (QED) is 0.393. The van der Waals surface area contributed by atoms with Gasteiger partial charge in [0.1, 0.15) is 17.1 Å². The number of imidazole rings is 1. The Morgan fingerprint density at radius 2 is 1.79 bits per heavy atom. The van der Waals surface area contributed by atoms with Crippen LogP contribution in [0.15, 0.2) is 42.7 Å². The van der Waals surface area contributed by atoms with Gasteiger partial charge in [-0.1, -0.05) is 12.8 Å². The molecule has 0 radical (unpaired) electrons. The second-order valence-electron chi connectivity index (χ2n) is 10.8. The van der Waals surface area contributed by atoms with Crippen molar-refractivity contribution in [3.8, 4) is 22.8 Å². The minimum atomic E-state index is 0.655. The van der Waals surface area contributed by atoms with Gasteiger partial charge >= 0.3 is 0 Å². The van der Waals surface area contributed by atoms with Crippen LogP contribution in [0.5, 0.6) is 11.5 Å². The van der Waals surface area contributed by atoms with E-state index < -0.39 is 0 Å². The smallest absolute Gasteiger partial charge is 0.139 e. The van der Waals surface area contributed by atoms with Crippen LogP contribution >= 0.6 is 0 Å². The van der Waals surface area contributed by atoms with Crippen LogP contribution < -0.4 is 14.4 Å². The fraction of sp³-hybridized carbons (Fsp3) is 0.567. The number of anilines is 1. The Morgan fingerprint density at radius 3 is 2.58 bits per heavy atom. The van der Waals surface area contributed by atoms with E-state index in [1.807, 2.05) is 12.1 Å². The minimum Gasteiger partial charge on any atom is -0.497 e. The molecule has 0 atom stereocenters. The van der Waals surface area contributed by atoms with Crippen molar-refractivity contribution in [2.75, 3.05) is 77.6 Å². The molecule has 6 rings (SSSR count). The topological polar surface area (TPSA) is 54.7 Å². The van der Waals surface area contributed by atoms with Gasteiger partial charge in [0.15, 0.2) is 0 Å². The Labute approximate surface area is 226 Å². The van der Waals surface area contributed by atoms with Crippen LogP contribution in [0.25, 0.3) is 16.9 Å². The third kappa shape index (κ3) is 5.77. The van der Waals surface area contributed by atoms with Crippen molar-refractivity contribution < 1.29 is 14.2 Å². The number of benzene rings is 1. The minimum absolute atomic E-state index is 0.655. The number of piperazine rings is 1. The monoisotopic (exact) mass is 519 g/mol. The van der Waals surface area contributed by atoms with Gasteiger partial charge in [0.05, 0.1) is 32.6 Å². The highest BCUT2D eigenvalue weighted by Crippen LogP contribution is 2.34. The SMILES string of the molecule is COc1ccc(-c2cn3ccc(N4CCN(C5CCCC5)CC4)cc3n2)c(OCCCN2CCOCC2)c1. The summed E-state index contributed by atoms with van der Waals surface area (Å²) in [7, 11) is 1.69. The fourth-order valence-corrected chi connectivity index (χ4v) is 6.17. The zero-order valence-electron chi connectivity index (χ0n) is 22.7. The van der Waals surface area contributed by atoms with E-state index in [1.165, 1.54) is 31.4 Å². The van der Waals surface area contributed by atoms with Gasteiger partial charge < -0.3 is 23.5 Å². The molecule has 0 N–H and O–H groups in total. The predicted octanol–water partition coefficient (Wildman–Crippen LogP) is 4.18. The first-order valence-electron chi connectivity index (χ1n) is 14.4. The van der Waals surface area contributed by atoms with Crippen LogP contribution in [0.3, 0.4) is 0 Å².